The fourth-order valence-electron chi connectivity index (χ4n) is 3.30. The van der Waals surface area contributed by atoms with Gasteiger partial charge >= 0.3 is 0 Å². The van der Waals surface area contributed by atoms with Gasteiger partial charge in [-0.25, -0.2) is 0 Å². The van der Waals surface area contributed by atoms with Crippen LogP contribution in [0.5, 0.6) is 0 Å². The summed E-state index contributed by atoms with van der Waals surface area (Å²) in [6, 6.07) is 6.22. The third kappa shape index (κ3) is 2.21. The van der Waals surface area contributed by atoms with Crippen molar-refractivity contribution >= 4 is 22.6 Å². The summed E-state index contributed by atoms with van der Waals surface area (Å²) in [6.07, 6.45) is 4.42. The molecule has 0 spiro atoms. The van der Waals surface area contributed by atoms with Crippen molar-refractivity contribution in [2.45, 2.75) is 38.5 Å². The highest BCUT2D eigenvalue weighted by Gasteiger charge is 2.31. The lowest BCUT2D eigenvalue weighted by molar-refractivity contribution is -0.117. The predicted octanol–water partition coefficient (Wildman–Crippen LogP) is 3.49. The largest absolute Gasteiger partial charge is 0.308 e. The molecule has 0 atom stereocenters. The number of carbonyl (C=O) groups is 1. The van der Waals surface area contributed by atoms with Gasteiger partial charge in [0.1, 0.15) is 0 Å². The van der Waals surface area contributed by atoms with Crippen LogP contribution >= 0.6 is 0 Å². The number of aromatic amines is 2. The van der Waals surface area contributed by atoms with Crippen molar-refractivity contribution in [2.75, 3.05) is 5.32 Å². The molecule has 2 saturated carbocycles. The highest BCUT2D eigenvalue weighted by Crippen LogP contribution is 2.44. The first-order valence-electron chi connectivity index (χ1n) is 8.55. The predicted molar refractivity (Wildman–Crippen MR) is 91.7 cm³/mol. The van der Waals surface area contributed by atoms with Crippen LogP contribution in [-0.2, 0) is 4.79 Å². The summed E-state index contributed by atoms with van der Waals surface area (Å²) >= 11 is 0. The third-order valence-electron chi connectivity index (χ3n) is 4.98. The highest BCUT2D eigenvalue weighted by molar-refractivity contribution is 6.02. The zero-order chi connectivity index (χ0) is 16.3. The first-order valence-corrected chi connectivity index (χ1v) is 8.55. The van der Waals surface area contributed by atoms with Crippen LogP contribution in [0.2, 0.25) is 0 Å². The van der Waals surface area contributed by atoms with Gasteiger partial charge in [0.2, 0.25) is 5.91 Å². The van der Waals surface area contributed by atoms with Crippen molar-refractivity contribution in [2.24, 2.45) is 5.92 Å². The monoisotopic (exact) mass is 321 g/mol. The van der Waals surface area contributed by atoms with E-state index in [4.69, 9.17) is 0 Å². The number of H-pyrrole nitrogens is 2. The molecule has 1 aromatic carbocycles. The van der Waals surface area contributed by atoms with Gasteiger partial charge in [-0.3, -0.25) is 15.0 Å². The zero-order valence-corrected chi connectivity index (χ0v) is 13.5. The van der Waals surface area contributed by atoms with Crippen molar-refractivity contribution < 1.29 is 4.79 Å². The smallest absolute Gasteiger partial charge is 0.228 e. The molecule has 2 aromatic heterocycles. The molecule has 3 N–H and O–H groups in total. The summed E-state index contributed by atoms with van der Waals surface area (Å²) < 4.78 is 0. The number of aromatic nitrogens is 4. The maximum atomic E-state index is 12.0. The normalized spacial score (nSPS) is 17.4. The number of hydrogen-bond donors (Lipinski definition) is 3. The highest BCUT2D eigenvalue weighted by atomic mass is 16.2. The molecule has 0 radical (unpaired) electrons. The molecule has 0 unspecified atom stereocenters. The van der Waals surface area contributed by atoms with Crippen LogP contribution in [0.25, 0.3) is 22.0 Å². The molecular formula is C18H19N5O. The van der Waals surface area contributed by atoms with Gasteiger partial charge in [-0.15, -0.1) is 0 Å². The molecule has 1 amide bonds. The summed E-state index contributed by atoms with van der Waals surface area (Å²) in [5, 5.41) is 18.8. The molecule has 5 rings (SSSR count). The van der Waals surface area contributed by atoms with E-state index >= 15 is 0 Å². The van der Waals surface area contributed by atoms with Gasteiger partial charge in [-0.1, -0.05) is 6.07 Å². The summed E-state index contributed by atoms with van der Waals surface area (Å²) in [5.41, 5.74) is 5.55. The van der Waals surface area contributed by atoms with E-state index in [1.165, 1.54) is 24.1 Å². The van der Waals surface area contributed by atoms with E-state index in [-0.39, 0.29) is 11.8 Å². The van der Waals surface area contributed by atoms with E-state index in [0.29, 0.717) is 11.7 Å². The summed E-state index contributed by atoms with van der Waals surface area (Å²) in [5.74, 6) is 1.47. The van der Waals surface area contributed by atoms with E-state index < -0.39 is 0 Å². The second kappa shape index (κ2) is 4.93. The number of anilines is 1. The molecule has 6 heteroatoms. The van der Waals surface area contributed by atoms with Crippen LogP contribution in [-0.4, -0.2) is 26.3 Å². The standard InChI is InChI=1S/C18H19N5O/c1-9-15(16(22-20-9)10-2-3-10)12-6-7-13-14(8-12)21-23-17(13)19-18(24)11-4-5-11/h6-8,10-11H,2-5H2,1H3,(H,20,22)(H2,19,21,23,24). The Balaban J connectivity index is 1.52. The zero-order valence-electron chi connectivity index (χ0n) is 13.5. The molecule has 24 heavy (non-hydrogen) atoms. The number of nitrogens with one attached hydrogen (secondary N) is 3. The maximum absolute atomic E-state index is 12.0. The van der Waals surface area contributed by atoms with Crippen LogP contribution in [0, 0.1) is 12.8 Å². The number of hydrogen-bond acceptors (Lipinski definition) is 3. The van der Waals surface area contributed by atoms with Gasteiger partial charge in [-0.2, -0.15) is 10.2 Å². The van der Waals surface area contributed by atoms with E-state index in [9.17, 15) is 4.79 Å². The lowest BCUT2D eigenvalue weighted by atomic mass is 10.00. The quantitative estimate of drug-likeness (QED) is 0.687. The molecular weight excluding hydrogens is 302 g/mol. The number of benzene rings is 1. The molecule has 6 nitrogen and oxygen atoms in total. The van der Waals surface area contributed by atoms with Crippen molar-refractivity contribution in [1.82, 2.24) is 20.4 Å². The van der Waals surface area contributed by atoms with E-state index in [2.05, 4.69) is 44.8 Å². The summed E-state index contributed by atoms with van der Waals surface area (Å²) in [4.78, 5) is 12.0. The van der Waals surface area contributed by atoms with E-state index in [1.54, 1.807) is 0 Å². The molecule has 2 aliphatic rings. The number of amides is 1. The Labute approximate surface area is 139 Å². The number of nitrogens with zero attached hydrogens (tertiary/aromatic N) is 2. The van der Waals surface area contributed by atoms with Crippen molar-refractivity contribution in [3.05, 3.63) is 29.6 Å². The van der Waals surface area contributed by atoms with Gasteiger partial charge < -0.3 is 5.32 Å². The molecule has 2 aliphatic carbocycles. The Kier molecular flexibility index (Phi) is 2.83. The van der Waals surface area contributed by atoms with Gasteiger partial charge in [0.25, 0.3) is 0 Å². The minimum absolute atomic E-state index is 0.0779. The average molecular weight is 321 g/mol. The van der Waals surface area contributed by atoms with E-state index in [1.807, 2.05) is 6.07 Å². The van der Waals surface area contributed by atoms with Crippen molar-refractivity contribution in [1.29, 1.82) is 0 Å². The second-order valence-electron chi connectivity index (χ2n) is 6.98. The van der Waals surface area contributed by atoms with Gasteiger partial charge in [0.15, 0.2) is 5.82 Å². The first kappa shape index (κ1) is 13.8. The molecule has 2 heterocycles. The lowest BCUT2D eigenvalue weighted by Crippen LogP contribution is -2.13. The van der Waals surface area contributed by atoms with E-state index in [0.717, 1.165) is 35.0 Å². The maximum Gasteiger partial charge on any atom is 0.228 e. The molecule has 3 aromatic rings. The molecule has 122 valence electrons. The molecule has 2 fully saturated rings. The summed E-state index contributed by atoms with van der Waals surface area (Å²) in [7, 11) is 0. The van der Waals surface area contributed by atoms with Gasteiger partial charge in [0, 0.05) is 28.5 Å². The number of aryl methyl sites for hydroxylation is 1. The van der Waals surface area contributed by atoms with Crippen molar-refractivity contribution in [3.63, 3.8) is 0 Å². The Morgan fingerprint density at radius 1 is 1.17 bits per heavy atom. The third-order valence-corrected chi connectivity index (χ3v) is 4.98. The van der Waals surface area contributed by atoms with Crippen LogP contribution in [0.1, 0.15) is 43.0 Å². The lowest BCUT2D eigenvalue weighted by Gasteiger charge is -2.04. The topological polar surface area (TPSA) is 86.5 Å². The van der Waals surface area contributed by atoms with Crippen LogP contribution in [0.15, 0.2) is 18.2 Å². The minimum atomic E-state index is 0.0779. The number of carbonyl (C=O) groups excluding carboxylic acids is 1. The van der Waals surface area contributed by atoms with Crippen LogP contribution in [0.3, 0.4) is 0 Å². The second-order valence-corrected chi connectivity index (χ2v) is 6.98. The average Bonchev–Trinajstić information content (AvgIpc) is 3.50. The summed E-state index contributed by atoms with van der Waals surface area (Å²) in [6.45, 7) is 2.06. The van der Waals surface area contributed by atoms with Crippen LogP contribution in [0.4, 0.5) is 5.82 Å². The number of rotatable bonds is 4. The van der Waals surface area contributed by atoms with Crippen LogP contribution < -0.4 is 5.32 Å². The van der Waals surface area contributed by atoms with Crippen molar-refractivity contribution in [3.8, 4) is 11.1 Å². The molecule has 0 bridgehead atoms. The Bertz CT molecular complexity index is 946. The minimum Gasteiger partial charge on any atom is -0.308 e. The Morgan fingerprint density at radius 3 is 2.75 bits per heavy atom. The van der Waals surface area contributed by atoms with Gasteiger partial charge in [0.05, 0.1) is 11.2 Å². The fourth-order valence-corrected chi connectivity index (χ4v) is 3.30. The fraction of sp³-hybridized carbons (Fsp3) is 0.389. The molecule has 0 aliphatic heterocycles. The number of fused-ring (bicyclic) bond motifs is 1. The SMILES string of the molecule is Cc1[nH]nc(C2CC2)c1-c1ccc2c(NC(=O)C3CC3)n[nH]c2c1. The Hall–Kier alpha value is -2.63. The first-order chi connectivity index (χ1) is 11.7. The van der Waals surface area contributed by atoms with Gasteiger partial charge in [-0.05, 0) is 50.3 Å². The molecule has 0 saturated heterocycles. The Morgan fingerprint density at radius 2 is 2.00 bits per heavy atom.